The van der Waals surface area contributed by atoms with Crippen molar-refractivity contribution in [1.29, 1.82) is 0 Å². The van der Waals surface area contributed by atoms with Gasteiger partial charge in [-0.1, -0.05) is 18.2 Å². The summed E-state index contributed by atoms with van der Waals surface area (Å²) >= 11 is 5.97. The Bertz CT molecular complexity index is 542. The van der Waals surface area contributed by atoms with E-state index in [9.17, 15) is 0 Å². The van der Waals surface area contributed by atoms with Crippen molar-refractivity contribution in [3.63, 3.8) is 0 Å². The van der Waals surface area contributed by atoms with Gasteiger partial charge in [0.1, 0.15) is 11.4 Å². The van der Waals surface area contributed by atoms with Gasteiger partial charge in [0, 0.05) is 10.7 Å². The number of benzene rings is 1. The van der Waals surface area contributed by atoms with Crippen LogP contribution in [0.15, 0.2) is 49.1 Å². The molecule has 1 aromatic carbocycles. The van der Waals surface area contributed by atoms with Crippen molar-refractivity contribution in [3.8, 4) is 0 Å². The van der Waals surface area contributed by atoms with E-state index in [1.165, 1.54) is 6.08 Å². The molecule has 0 heterocycles. The molecule has 0 aliphatic carbocycles. The van der Waals surface area contributed by atoms with Crippen LogP contribution in [0.25, 0.3) is 6.08 Å². The van der Waals surface area contributed by atoms with Gasteiger partial charge in [-0.2, -0.15) is 0 Å². The second-order valence-corrected chi connectivity index (χ2v) is 5.76. The molecule has 0 bridgehead atoms. The van der Waals surface area contributed by atoms with Crippen molar-refractivity contribution in [3.05, 3.63) is 59.7 Å². The normalized spacial score (nSPS) is 11.4. The zero-order chi connectivity index (χ0) is 15.3. The molecule has 20 heavy (non-hydrogen) atoms. The summed E-state index contributed by atoms with van der Waals surface area (Å²) in [6, 6.07) is 5.35. The minimum absolute atomic E-state index is 0.0271. The van der Waals surface area contributed by atoms with Crippen LogP contribution in [0.2, 0.25) is 5.02 Å². The number of halogens is 1. The Morgan fingerprint density at radius 3 is 2.55 bits per heavy atom. The third-order valence-electron chi connectivity index (χ3n) is 2.17. The van der Waals surface area contributed by atoms with Crippen LogP contribution in [-0.2, 0) is 4.74 Å². The van der Waals surface area contributed by atoms with Crippen LogP contribution >= 0.6 is 11.6 Å². The van der Waals surface area contributed by atoms with Gasteiger partial charge in [-0.3, -0.25) is 0 Å². The van der Waals surface area contributed by atoms with Crippen LogP contribution in [0, 0.1) is 0 Å². The Hall–Kier alpha value is -1.87. The molecule has 1 aromatic rings. The highest BCUT2D eigenvalue weighted by Crippen LogP contribution is 2.24. The summed E-state index contributed by atoms with van der Waals surface area (Å²) in [5, 5.41) is 12.8. The fourth-order valence-electron chi connectivity index (χ4n) is 1.52. The molecule has 3 nitrogen and oxygen atoms in total. The van der Waals surface area contributed by atoms with Crippen molar-refractivity contribution >= 4 is 23.4 Å². The molecule has 0 aromatic heterocycles. The summed E-state index contributed by atoms with van der Waals surface area (Å²) in [4.78, 5) is 0. The molecule has 0 saturated heterocycles. The maximum Gasteiger partial charge on any atom is 0.184 e. The van der Waals surface area contributed by atoms with Gasteiger partial charge in [-0.05, 0) is 63.3 Å². The second-order valence-electron chi connectivity index (χ2n) is 5.32. The molecule has 0 aliphatic heterocycles. The van der Waals surface area contributed by atoms with E-state index in [4.69, 9.17) is 21.4 Å². The van der Waals surface area contributed by atoms with Crippen LogP contribution in [-0.4, -0.2) is 10.7 Å². The third-order valence-corrected chi connectivity index (χ3v) is 2.41. The van der Waals surface area contributed by atoms with Gasteiger partial charge in [-0.15, -0.1) is 0 Å². The highest BCUT2D eigenvalue weighted by atomic mass is 35.5. The second kappa shape index (κ2) is 6.53. The summed E-state index contributed by atoms with van der Waals surface area (Å²) in [6.07, 6.45) is 3.20. The molecule has 0 saturated carbocycles. The number of aliphatic hydroxyl groups is 1. The largest absolute Gasteiger partial charge is 0.509 e. The molecule has 0 radical (unpaired) electrons. The van der Waals surface area contributed by atoms with Crippen LogP contribution in [0.3, 0.4) is 0 Å². The predicted molar refractivity (Wildman–Crippen MR) is 85.9 cm³/mol. The molecule has 2 N–H and O–H groups in total. The molecular formula is C16H20ClNO2. The Kier molecular flexibility index (Phi) is 5.28. The molecule has 0 spiro atoms. The van der Waals surface area contributed by atoms with E-state index < -0.39 is 0 Å². The van der Waals surface area contributed by atoms with Gasteiger partial charge in [0.25, 0.3) is 0 Å². The fourth-order valence-corrected chi connectivity index (χ4v) is 1.70. The number of hydrogen-bond donors (Lipinski definition) is 2. The van der Waals surface area contributed by atoms with Gasteiger partial charge in [0.05, 0.1) is 0 Å². The highest BCUT2D eigenvalue weighted by molar-refractivity contribution is 6.30. The fraction of sp³-hybridized carbons (Fsp3) is 0.250. The van der Waals surface area contributed by atoms with E-state index in [0.29, 0.717) is 10.9 Å². The molecule has 0 fully saturated rings. The molecule has 108 valence electrons. The van der Waals surface area contributed by atoms with E-state index in [2.05, 4.69) is 18.5 Å². The molecule has 0 aliphatic rings. The average Bonchev–Trinajstić information content (AvgIpc) is 2.26. The van der Waals surface area contributed by atoms with E-state index in [1.54, 1.807) is 18.2 Å². The smallest absolute Gasteiger partial charge is 0.184 e. The number of rotatable bonds is 5. The van der Waals surface area contributed by atoms with Crippen LogP contribution in [0.1, 0.15) is 26.3 Å². The Morgan fingerprint density at radius 2 is 2.00 bits per heavy atom. The standard InChI is InChI=1S/C16H20ClNO2/c1-11(19)6-7-13-10-14(17)8-9-15(13)18-12(2)20-16(3,4)5/h6-10,18-19H,1-2H2,3-5H3/b7-6+. The number of hydrogen-bond acceptors (Lipinski definition) is 3. The number of nitrogens with one attached hydrogen (secondary N) is 1. The lowest BCUT2D eigenvalue weighted by molar-refractivity contribution is 0.0565. The lowest BCUT2D eigenvalue weighted by Crippen LogP contribution is -2.21. The van der Waals surface area contributed by atoms with E-state index >= 15 is 0 Å². The van der Waals surface area contributed by atoms with Crippen LogP contribution in [0.4, 0.5) is 5.69 Å². The van der Waals surface area contributed by atoms with Crippen molar-refractivity contribution in [2.75, 3.05) is 5.32 Å². The van der Waals surface area contributed by atoms with Gasteiger partial charge < -0.3 is 15.2 Å². The monoisotopic (exact) mass is 293 g/mol. The summed E-state index contributed by atoms with van der Waals surface area (Å²) in [5.74, 6) is 0.415. The third kappa shape index (κ3) is 5.85. The molecule has 1 rings (SSSR count). The Morgan fingerprint density at radius 1 is 1.35 bits per heavy atom. The zero-order valence-electron chi connectivity index (χ0n) is 12.0. The van der Waals surface area contributed by atoms with Crippen molar-refractivity contribution < 1.29 is 9.84 Å². The average molecular weight is 294 g/mol. The summed E-state index contributed by atoms with van der Waals surface area (Å²) in [6.45, 7) is 13.1. The Balaban J connectivity index is 2.94. The molecular weight excluding hydrogens is 274 g/mol. The van der Waals surface area contributed by atoms with Gasteiger partial charge in [0.2, 0.25) is 0 Å². The number of aliphatic hydroxyl groups excluding tert-OH is 1. The first-order chi connectivity index (χ1) is 9.17. The summed E-state index contributed by atoms with van der Waals surface area (Å²) < 4.78 is 5.62. The maximum atomic E-state index is 9.13. The van der Waals surface area contributed by atoms with E-state index in [0.717, 1.165) is 11.3 Å². The maximum absolute atomic E-state index is 9.13. The molecule has 0 unspecified atom stereocenters. The number of ether oxygens (including phenoxy) is 1. The zero-order valence-corrected chi connectivity index (χ0v) is 12.8. The SMILES string of the molecule is C=C(O)/C=C/c1cc(Cl)ccc1NC(=C)OC(C)(C)C. The minimum atomic E-state index is -0.327. The van der Waals surface area contributed by atoms with Crippen molar-refractivity contribution in [2.45, 2.75) is 26.4 Å². The van der Waals surface area contributed by atoms with E-state index in [1.807, 2.05) is 26.8 Å². The first kappa shape index (κ1) is 16.2. The number of anilines is 1. The summed E-state index contributed by atoms with van der Waals surface area (Å²) in [5.41, 5.74) is 1.25. The van der Waals surface area contributed by atoms with Crippen molar-refractivity contribution in [2.24, 2.45) is 0 Å². The van der Waals surface area contributed by atoms with Crippen LogP contribution in [0.5, 0.6) is 0 Å². The topological polar surface area (TPSA) is 41.5 Å². The van der Waals surface area contributed by atoms with Gasteiger partial charge >= 0.3 is 0 Å². The lowest BCUT2D eigenvalue weighted by atomic mass is 10.1. The molecule has 0 atom stereocenters. The summed E-state index contributed by atoms with van der Waals surface area (Å²) in [7, 11) is 0. The number of allylic oxidation sites excluding steroid dienone is 1. The first-order valence-electron chi connectivity index (χ1n) is 6.18. The molecule has 0 amide bonds. The van der Waals surface area contributed by atoms with Gasteiger partial charge in [0.15, 0.2) is 5.88 Å². The predicted octanol–water partition coefficient (Wildman–Crippen LogP) is 5.12. The van der Waals surface area contributed by atoms with Crippen molar-refractivity contribution in [1.82, 2.24) is 0 Å². The molecule has 4 heteroatoms. The lowest BCUT2D eigenvalue weighted by Gasteiger charge is -2.23. The minimum Gasteiger partial charge on any atom is -0.509 e. The quantitative estimate of drug-likeness (QED) is 0.584. The van der Waals surface area contributed by atoms with Gasteiger partial charge in [-0.25, -0.2) is 0 Å². The Labute approximate surface area is 125 Å². The van der Waals surface area contributed by atoms with E-state index in [-0.39, 0.29) is 11.4 Å². The highest BCUT2D eigenvalue weighted by Gasteiger charge is 2.13. The first-order valence-corrected chi connectivity index (χ1v) is 6.55. The van der Waals surface area contributed by atoms with Crippen LogP contribution < -0.4 is 5.32 Å².